The lowest BCUT2D eigenvalue weighted by molar-refractivity contribution is -0.161. The highest BCUT2D eigenvalue weighted by atomic mass is 16.6. The molecule has 0 spiro atoms. The Morgan fingerprint density at radius 3 is 1.48 bits per heavy atom. The molecule has 7 nitrogen and oxygen atoms in total. The number of unbranched alkanes of at least 4 members (excludes halogenated alkanes) is 16. The minimum atomic E-state index is -0.812. The Bertz CT molecular complexity index is 736. The molecule has 0 aliphatic heterocycles. The van der Waals surface area contributed by atoms with E-state index in [0.717, 1.165) is 116 Å². The molecular formula is C39H72O7. The molecule has 0 aromatic heterocycles. The number of hydrogen-bond acceptors (Lipinski definition) is 7. The Morgan fingerprint density at radius 2 is 1.00 bits per heavy atom. The summed E-state index contributed by atoms with van der Waals surface area (Å²) in [5.41, 5.74) is 0. The number of carbonyl (C=O) groups is 2. The van der Waals surface area contributed by atoms with Gasteiger partial charge in [-0.15, -0.1) is 0 Å². The largest absolute Gasteiger partial charge is 0.462 e. The van der Waals surface area contributed by atoms with Crippen molar-refractivity contribution in [2.45, 2.75) is 199 Å². The van der Waals surface area contributed by atoms with Crippen LogP contribution in [0.15, 0.2) is 24.3 Å². The van der Waals surface area contributed by atoms with Gasteiger partial charge in [-0.1, -0.05) is 128 Å². The summed E-state index contributed by atoms with van der Waals surface area (Å²) >= 11 is 0. The van der Waals surface area contributed by atoms with Gasteiger partial charge in [0.15, 0.2) is 6.10 Å². The van der Waals surface area contributed by atoms with Crippen molar-refractivity contribution in [2.24, 2.45) is 0 Å². The number of rotatable bonds is 34. The molecule has 46 heavy (non-hydrogen) atoms. The van der Waals surface area contributed by atoms with Crippen LogP contribution >= 0.6 is 0 Å². The molecule has 0 aromatic carbocycles. The van der Waals surface area contributed by atoms with Crippen LogP contribution in [0, 0.1) is 0 Å². The van der Waals surface area contributed by atoms with Crippen molar-refractivity contribution in [2.75, 3.05) is 13.2 Å². The number of hydrogen-bond donors (Lipinski definition) is 3. The fraction of sp³-hybridized carbons (Fsp3) is 0.846. The van der Waals surface area contributed by atoms with Crippen LogP contribution in [0.1, 0.15) is 181 Å². The van der Waals surface area contributed by atoms with Gasteiger partial charge < -0.3 is 24.8 Å². The molecule has 0 amide bonds. The lowest BCUT2D eigenvalue weighted by Gasteiger charge is -2.15. The van der Waals surface area contributed by atoms with E-state index in [1.165, 1.54) is 38.5 Å². The maximum Gasteiger partial charge on any atom is 0.306 e. The third-order valence-corrected chi connectivity index (χ3v) is 8.37. The summed E-state index contributed by atoms with van der Waals surface area (Å²) in [4.78, 5) is 24.2. The van der Waals surface area contributed by atoms with E-state index < -0.39 is 6.10 Å². The minimum absolute atomic E-state index is 0.107. The fourth-order valence-electron chi connectivity index (χ4n) is 5.34. The van der Waals surface area contributed by atoms with Gasteiger partial charge in [0.05, 0.1) is 18.8 Å². The molecule has 3 N–H and O–H groups in total. The summed E-state index contributed by atoms with van der Waals surface area (Å²) < 4.78 is 10.5. The Hall–Kier alpha value is -1.70. The SMILES string of the molecule is CCCCCC[C@@H](O)C/C=C\CCCCCCCC(=O)OCC(CO)OC(=O)CCCCCCC/C=C\C[C@H](O)CCCCCC. The minimum Gasteiger partial charge on any atom is -0.462 e. The molecule has 0 saturated heterocycles. The smallest absolute Gasteiger partial charge is 0.306 e. The third kappa shape index (κ3) is 32.2. The van der Waals surface area contributed by atoms with Crippen molar-refractivity contribution in [3.8, 4) is 0 Å². The lowest BCUT2D eigenvalue weighted by Crippen LogP contribution is -2.28. The van der Waals surface area contributed by atoms with Gasteiger partial charge in [-0.05, 0) is 64.2 Å². The summed E-state index contributed by atoms with van der Waals surface area (Å²) in [6.45, 7) is 3.92. The van der Waals surface area contributed by atoms with Crippen LogP contribution in [0.25, 0.3) is 0 Å². The second-order valence-electron chi connectivity index (χ2n) is 13.0. The van der Waals surface area contributed by atoms with Crippen LogP contribution < -0.4 is 0 Å². The molecule has 0 heterocycles. The van der Waals surface area contributed by atoms with Gasteiger partial charge in [0.1, 0.15) is 6.61 Å². The van der Waals surface area contributed by atoms with Crippen LogP contribution in [0.4, 0.5) is 0 Å². The van der Waals surface area contributed by atoms with Crippen LogP contribution in [-0.2, 0) is 19.1 Å². The average molecular weight is 653 g/mol. The van der Waals surface area contributed by atoms with E-state index in [1.807, 2.05) is 0 Å². The van der Waals surface area contributed by atoms with Crippen LogP contribution in [0.2, 0.25) is 0 Å². The maximum absolute atomic E-state index is 12.1. The van der Waals surface area contributed by atoms with Crippen molar-refractivity contribution >= 4 is 11.9 Å². The van der Waals surface area contributed by atoms with E-state index in [9.17, 15) is 24.9 Å². The number of allylic oxidation sites excluding steroid dienone is 2. The molecule has 3 atom stereocenters. The van der Waals surface area contributed by atoms with Crippen molar-refractivity contribution in [3.05, 3.63) is 24.3 Å². The van der Waals surface area contributed by atoms with Gasteiger partial charge in [0, 0.05) is 12.8 Å². The molecule has 0 rings (SSSR count). The number of esters is 2. The topological polar surface area (TPSA) is 113 Å². The molecule has 270 valence electrons. The highest BCUT2D eigenvalue weighted by Gasteiger charge is 2.16. The van der Waals surface area contributed by atoms with Crippen LogP contribution in [-0.4, -0.2) is 58.8 Å². The molecule has 0 radical (unpaired) electrons. The summed E-state index contributed by atoms with van der Waals surface area (Å²) in [6, 6.07) is 0. The van der Waals surface area contributed by atoms with E-state index in [2.05, 4.69) is 38.2 Å². The van der Waals surface area contributed by atoms with Crippen molar-refractivity contribution in [1.29, 1.82) is 0 Å². The summed E-state index contributed by atoms with van der Waals surface area (Å²) in [5.74, 6) is -0.682. The van der Waals surface area contributed by atoms with E-state index >= 15 is 0 Å². The maximum atomic E-state index is 12.1. The molecule has 0 aliphatic carbocycles. The quantitative estimate of drug-likeness (QED) is 0.0360. The van der Waals surface area contributed by atoms with Crippen molar-refractivity contribution < 1.29 is 34.4 Å². The fourth-order valence-corrected chi connectivity index (χ4v) is 5.34. The molecule has 0 fully saturated rings. The van der Waals surface area contributed by atoms with E-state index in [4.69, 9.17) is 9.47 Å². The first kappa shape index (κ1) is 44.3. The van der Waals surface area contributed by atoms with Gasteiger partial charge >= 0.3 is 11.9 Å². The first-order valence-corrected chi connectivity index (χ1v) is 19.0. The highest BCUT2D eigenvalue weighted by Crippen LogP contribution is 2.13. The van der Waals surface area contributed by atoms with Gasteiger partial charge in [0.25, 0.3) is 0 Å². The molecule has 7 heteroatoms. The average Bonchev–Trinajstić information content (AvgIpc) is 3.05. The standard InChI is InChI=1S/C39H72O7/c1-3-5-7-21-27-35(41)29-23-17-13-9-11-15-19-25-31-38(43)45-34-37(33-40)46-39(44)32-26-20-16-12-10-14-18-24-30-36(42)28-22-8-6-4-2/h17-18,23-24,35-37,40-42H,3-16,19-22,25-34H2,1-2H3/b23-17-,24-18-/t35-,36-,37?/m1/s1. The zero-order valence-electron chi connectivity index (χ0n) is 29.8. The second-order valence-corrected chi connectivity index (χ2v) is 13.0. The summed E-state index contributed by atoms with van der Waals surface area (Å²) in [7, 11) is 0. The summed E-state index contributed by atoms with van der Waals surface area (Å²) in [5, 5.41) is 29.5. The predicted octanol–water partition coefficient (Wildman–Crippen LogP) is 9.45. The molecular weight excluding hydrogens is 580 g/mol. The Kier molecular flexibility index (Phi) is 33.3. The van der Waals surface area contributed by atoms with Gasteiger partial charge in [-0.3, -0.25) is 9.59 Å². The predicted molar refractivity (Wildman–Crippen MR) is 190 cm³/mol. The van der Waals surface area contributed by atoms with Gasteiger partial charge in [-0.2, -0.15) is 0 Å². The van der Waals surface area contributed by atoms with Crippen LogP contribution in [0.5, 0.6) is 0 Å². The zero-order chi connectivity index (χ0) is 33.9. The lowest BCUT2D eigenvalue weighted by atomic mass is 10.1. The first-order chi connectivity index (χ1) is 22.4. The number of ether oxygens (including phenoxy) is 2. The third-order valence-electron chi connectivity index (χ3n) is 8.37. The van der Waals surface area contributed by atoms with E-state index in [-0.39, 0.29) is 37.4 Å². The highest BCUT2D eigenvalue weighted by molar-refractivity contribution is 5.70. The van der Waals surface area contributed by atoms with Gasteiger partial charge in [0.2, 0.25) is 0 Å². The number of carbonyl (C=O) groups excluding carboxylic acids is 2. The monoisotopic (exact) mass is 653 g/mol. The molecule has 0 aliphatic rings. The molecule has 1 unspecified atom stereocenters. The number of aliphatic hydroxyl groups excluding tert-OH is 3. The van der Waals surface area contributed by atoms with E-state index in [0.29, 0.717) is 12.8 Å². The normalized spacial score (nSPS) is 13.8. The zero-order valence-corrected chi connectivity index (χ0v) is 29.8. The Morgan fingerprint density at radius 1 is 0.565 bits per heavy atom. The summed E-state index contributed by atoms with van der Waals surface area (Å²) in [6.07, 6.45) is 32.8. The van der Waals surface area contributed by atoms with Crippen molar-refractivity contribution in [1.82, 2.24) is 0 Å². The van der Waals surface area contributed by atoms with Crippen molar-refractivity contribution in [3.63, 3.8) is 0 Å². The van der Waals surface area contributed by atoms with Gasteiger partial charge in [-0.25, -0.2) is 0 Å². The van der Waals surface area contributed by atoms with Crippen LogP contribution in [0.3, 0.4) is 0 Å². The molecule has 0 saturated carbocycles. The second kappa shape index (κ2) is 34.6. The Balaban J connectivity index is 3.67. The molecule has 0 aromatic rings. The Labute approximate surface area is 282 Å². The van der Waals surface area contributed by atoms with E-state index in [1.54, 1.807) is 0 Å². The molecule has 0 bridgehead atoms. The number of aliphatic hydroxyl groups is 3. The first-order valence-electron chi connectivity index (χ1n) is 19.0.